The van der Waals surface area contributed by atoms with Crippen molar-refractivity contribution in [2.75, 3.05) is 0 Å². The molecule has 2 N–H and O–H groups in total. The molecule has 3 fully saturated rings. The van der Waals surface area contributed by atoms with Crippen LogP contribution in [-0.4, -0.2) is 46.1 Å². The van der Waals surface area contributed by atoms with Crippen molar-refractivity contribution >= 4 is 11.9 Å². The molecule has 0 amide bonds. The number of aliphatic hydroxyl groups excluding tert-OH is 1. The van der Waals surface area contributed by atoms with Crippen molar-refractivity contribution in [1.29, 1.82) is 0 Å². The van der Waals surface area contributed by atoms with Crippen LogP contribution < -0.4 is 0 Å². The van der Waals surface area contributed by atoms with Gasteiger partial charge >= 0.3 is 11.9 Å². The minimum Gasteiger partial charge on any atom is -0.462 e. The minimum absolute atomic E-state index is 0.0847. The number of fused-ring (bicyclic) bond motifs is 1. The van der Waals surface area contributed by atoms with E-state index < -0.39 is 17.1 Å². The second-order valence-corrected chi connectivity index (χ2v) is 11.4. The Labute approximate surface area is 187 Å². The SMILES string of the molecule is CCC(C)(C)C(=O)O[C@H]1C[C@](C)(O)C[C@H]2CC[C@H](C)[C@H](CC[C@@H]3C[C@@H](O)CC(=O)O3)[C@@H]21. The molecular weight excluding hydrogens is 396 g/mol. The van der Waals surface area contributed by atoms with Gasteiger partial charge in [-0.15, -0.1) is 0 Å². The van der Waals surface area contributed by atoms with Crippen molar-refractivity contribution in [3.63, 3.8) is 0 Å². The summed E-state index contributed by atoms with van der Waals surface area (Å²) >= 11 is 0. The summed E-state index contributed by atoms with van der Waals surface area (Å²) in [6.07, 6.45) is 5.09. The van der Waals surface area contributed by atoms with Gasteiger partial charge in [0.1, 0.15) is 12.2 Å². The Morgan fingerprint density at radius 3 is 2.61 bits per heavy atom. The fraction of sp³-hybridized carbons (Fsp3) is 0.920. The van der Waals surface area contributed by atoms with Gasteiger partial charge in [0.25, 0.3) is 0 Å². The molecule has 31 heavy (non-hydrogen) atoms. The average molecular weight is 439 g/mol. The lowest BCUT2D eigenvalue weighted by Gasteiger charge is -2.52. The summed E-state index contributed by atoms with van der Waals surface area (Å²) in [7, 11) is 0. The van der Waals surface area contributed by atoms with Crippen LogP contribution in [-0.2, 0) is 19.1 Å². The Hall–Kier alpha value is -1.14. The summed E-state index contributed by atoms with van der Waals surface area (Å²) < 4.78 is 11.6. The van der Waals surface area contributed by atoms with Crippen LogP contribution in [0.25, 0.3) is 0 Å². The summed E-state index contributed by atoms with van der Waals surface area (Å²) in [5.74, 6) is 0.860. The van der Waals surface area contributed by atoms with Crippen LogP contribution in [0.3, 0.4) is 0 Å². The third kappa shape index (κ3) is 5.81. The molecule has 8 atom stereocenters. The smallest absolute Gasteiger partial charge is 0.311 e. The van der Waals surface area contributed by atoms with Gasteiger partial charge < -0.3 is 19.7 Å². The van der Waals surface area contributed by atoms with Gasteiger partial charge in [-0.05, 0) is 70.6 Å². The quantitative estimate of drug-likeness (QED) is 0.609. The lowest BCUT2D eigenvalue weighted by molar-refractivity contribution is -0.184. The van der Waals surface area contributed by atoms with Gasteiger partial charge in [0, 0.05) is 18.8 Å². The number of hydrogen-bond acceptors (Lipinski definition) is 6. The Bertz CT molecular complexity index is 656. The maximum absolute atomic E-state index is 12.9. The molecule has 1 aliphatic heterocycles. The molecule has 2 aliphatic carbocycles. The third-order valence-electron chi connectivity index (χ3n) is 8.29. The van der Waals surface area contributed by atoms with Crippen LogP contribution in [0, 0.1) is 29.1 Å². The molecule has 0 aromatic heterocycles. The zero-order valence-electron chi connectivity index (χ0n) is 19.9. The van der Waals surface area contributed by atoms with Gasteiger partial charge in [-0.2, -0.15) is 0 Å². The molecule has 3 aliphatic rings. The Kier molecular flexibility index (Phi) is 7.42. The van der Waals surface area contributed by atoms with Gasteiger partial charge in [-0.25, -0.2) is 0 Å². The number of carbonyl (C=O) groups is 2. The van der Waals surface area contributed by atoms with Crippen molar-refractivity contribution in [2.24, 2.45) is 29.1 Å². The molecule has 6 heteroatoms. The predicted molar refractivity (Wildman–Crippen MR) is 117 cm³/mol. The van der Waals surface area contributed by atoms with Gasteiger partial charge in [0.2, 0.25) is 0 Å². The van der Waals surface area contributed by atoms with E-state index in [-0.39, 0.29) is 36.5 Å². The number of aliphatic hydroxyl groups is 2. The first-order valence-corrected chi connectivity index (χ1v) is 12.2. The summed E-state index contributed by atoms with van der Waals surface area (Å²) in [5, 5.41) is 20.9. The normalized spacial score (nSPS) is 41.3. The molecule has 1 heterocycles. The maximum Gasteiger partial charge on any atom is 0.311 e. The molecule has 3 rings (SSSR count). The molecule has 6 nitrogen and oxygen atoms in total. The average Bonchev–Trinajstić information content (AvgIpc) is 2.66. The van der Waals surface area contributed by atoms with Crippen LogP contribution >= 0.6 is 0 Å². The minimum atomic E-state index is -0.823. The van der Waals surface area contributed by atoms with E-state index in [1.807, 2.05) is 27.7 Å². The molecule has 178 valence electrons. The van der Waals surface area contributed by atoms with Crippen molar-refractivity contribution in [3.05, 3.63) is 0 Å². The third-order valence-corrected chi connectivity index (χ3v) is 8.29. The van der Waals surface area contributed by atoms with E-state index in [1.165, 1.54) is 0 Å². The highest BCUT2D eigenvalue weighted by molar-refractivity contribution is 5.76. The fourth-order valence-electron chi connectivity index (χ4n) is 6.10. The number of hydrogen-bond donors (Lipinski definition) is 2. The lowest BCUT2D eigenvalue weighted by atomic mass is 9.57. The van der Waals surface area contributed by atoms with E-state index in [4.69, 9.17) is 9.47 Å². The fourth-order valence-corrected chi connectivity index (χ4v) is 6.10. The van der Waals surface area contributed by atoms with E-state index in [0.29, 0.717) is 37.0 Å². The van der Waals surface area contributed by atoms with Crippen LogP contribution in [0.1, 0.15) is 92.4 Å². The summed E-state index contributed by atoms with van der Waals surface area (Å²) in [6.45, 7) is 9.95. The van der Waals surface area contributed by atoms with Gasteiger partial charge in [-0.3, -0.25) is 9.59 Å². The zero-order chi connectivity index (χ0) is 23.0. The summed E-state index contributed by atoms with van der Waals surface area (Å²) in [6, 6.07) is 0. The molecule has 0 aromatic rings. The standard InChI is InChI=1S/C25H42O6/c1-6-24(3,4)23(28)31-20-14-25(5,29)13-16-8-7-15(2)19(22(16)20)10-9-18-11-17(26)12-21(27)30-18/h15-20,22,26,29H,6-14H2,1-5H3/t15-,16+,17+,18+,19-,20-,22+,25+/m0/s1. The highest BCUT2D eigenvalue weighted by atomic mass is 16.6. The molecule has 0 radical (unpaired) electrons. The number of rotatable bonds is 6. The van der Waals surface area contributed by atoms with Crippen LogP contribution in [0.5, 0.6) is 0 Å². The second-order valence-electron chi connectivity index (χ2n) is 11.4. The molecule has 0 spiro atoms. The topological polar surface area (TPSA) is 93.1 Å². The van der Waals surface area contributed by atoms with E-state index in [9.17, 15) is 19.8 Å². The molecule has 0 aromatic carbocycles. The maximum atomic E-state index is 12.9. The van der Waals surface area contributed by atoms with E-state index in [0.717, 1.165) is 32.1 Å². The Morgan fingerprint density at radius 2 is 1.97 bits per heavy atom. The number of esters is 2. The Balaban J connectivity index is 1.76. The highest BCUT2D eigenvalue weighted by Crippen LogP contribution is 2.52. The first kappa shape index (κ1) is 24.5. The van der Waals surface area contributed by atoms with E-state index >= 15 is 0 Å². The second kappa shape index (κ2) is 9.38. The molecule has 0 bridgehead atoms. The van der Waals surface area contributed by atoms with E-state index in [1.54, 1.807) is 0 Å². The van der Waals surface area contributed by atoms with Crippen LogP contribution in [0.4, 0.5) is 0 Å². The number of carbonyl (C=O) groups excluding carboxylic acids is 2. The Morgan fingerprint density at radius 1 is 1.26 bits per heavy atom. The van der Waals surface area contributed by atoms with Crippen molar-refractivity contribution < 1.29 is 29.3 Å². The van der Waals surface area contributed by atoms with Crippen molar-refractivity contribution in [3.8, 4) is 0 Å². The largest absolute Gasteiger partial charge is 0.462 e. The summed E-state index contributed by atoms with van der Waals surface area (Å²) in [4.78, 5) is 24.7. The first-order chi connectivity index (χ1) is 14.4. The van der Waals surface area contributed by atoms with Crippen molar-refractivity contribution in [2.45, 2.75) is 116 Å². The number of ether oxygens (including phenoxy) is 2. The molecule has 0 unspecified atom stereocenters. The first-order valence-electron chi connectivity index (χ1n) is 12.2. The van der Waals surface area contributed by atoms with Crippen molar-refractivity contribution in [1.82, 2.24) is 0 Å². The van der Waals surface area contributed by atoms with E-state index in [2.05, 4.69) is 6.92 Å². The molecule has 1 saturated heterocycles. The summed E-state index contributed by atoms with van der Waals surface area (Å²) in [5.41, 5.74) is -1.36. The van der Waals surface area contributed by atoms with Gasteiger partial charge in [-0.1, -0.05) is 20.3 Å². The predicted octanol–water partition coefficient (Wildman–Crippen LogP) is 4.00. The zero-order valence-corrected chi connectivity index (χ0v) is 19.9. The van der Waals surface area contributed by atoms with Gasteiger partial charge in [0.05, 0.1) is 23.5 Å². The molecule has 2 saturated carbocycles. The van der Waals surface area contributed by atoms with Gasteiger partial charge in [0.15, 0.2) is 0 Å². The highest BCUT2D eigenvalue weighted by Gasteiger charge is 2.51. The van der Waals surface area contributed by atoms with Crippen LogP contribution in [0.2, 0.25) is 0 Å². The molecular formula is C25H42O6. The monoisotopic (exact) mass is 438 g/mol. The lowest BCUT2D eigenvalue weighted by Crippen LogP contribution is -2.53. The number of cyclic esters (lactones) is 1. The van der Waals surface area contributed by atoms with Crippen LogP contribution in [0.15, 0.2) is 0 Å².